The molecule has 8 heteroatoms. The number of amides is 1. The van der Waals surface area contributed by atoms with Crippen molar-refractivity contribution in [1.82, 2.24) is 4.90 Å². The van der Waals surface area contributed by atoms with Gasteiger partial charge in [0, 0.05) is 5.92 Å². The van der Waals surface area contributed by atoms with Gasteiger partial charge in [0.25, 0.3) is 0 Å². The zero-order valence-electron chi connectivity index (χ0n) is 13.9. The van der Waals surface area contributed by atoms with Gasteiger partial charge in [0.1, 0.15) is 0 Å². The summed E-state index contributed by atoms with van der Waals surface area (Å²) >= 11 is 18.0. The third-order valence-corrected chi connectivity index (χ3v) is 5.84. The number of hydrogen-bond acceptors (Lipinski definition) is 4. The summed E-state index contributed by atoms with van der Waals surface area (Å²) in [4.78, 5) is 14.7. The van der Waals surface area contributed by atoms with Crippen LogP contribution in [0.25, 0.3) is 0 Å². The van der Waals surface area contributed by atoms with E-state index in [1.165, 1.54) is 6.07 Å². The van der Waals surface area contributed by atoms with Crippen molar-refractivity contribution in [2.45, 2.75) is 32.1 Å². The van der Waals surface area contributed by atoms with Gasteiger partial charge in [-0.1, -0.05) is 34.8 Å². The minimum absolute atomic E-state index is 0.0821. The summed E-state index contributed by atoms with van der Waals surface area (Å²) in [7, 11) is 0. The maximum Gasteiger partial charge on any atom is 0.241 e. The summed E-state index contributed by atoms with van der Waals surface area (Å²) < 4.78 is 11.2. The average molecular weight is 408 g/mol. The van der Waals surface area contributed by atoms with Crippen LogP contribution >= 0.6 is 34.8 Å². The summed E-state index contributed by atoms with van der Waals surface area (Å²) in [6.07, 6.45) is 1.83. The minimum Gasteiger partial charge on any atom is -0.350 e. The lowest BCUT2D eigenvalue weighted by atomic mass is 9.95. The van der Waals surface area contributed by atoms with Crippen molar-refractivity contribution in [1.29, 1.82) is 0 Å². The summed E-state index contributed by atoms with van der Waals surface area (Å²) in [5.41, 5.74) is 0.468. The van der Waals surface area contributed by atoms with Crippen LogP contribution < -0.4 is 5.32 Å². The molecule has 1 amide bonds. The lowest BCUT2D eigenvalue weighted by molar-refractivity contribution is -0.123. The Morgan fingerprint density at radius 1 is 1.12 bits per heavy atom. The van der Waals surface area contributed by atoms with Gasteiger partial charge in [-0.2, -0.15) is 0 Å². The second-order valence-corrected chi connectivity index (χ2v) is 7.62. The Morgan fingerprint density at radius 2 is 1.72 bits per heavy atom. The molecule has 0 bridgehead atoms. The fourth-order valence-corrected chi connectivity index (χ4v) is 3.84. The maximum atomic E-state index is 12.6. The number of carbonyl (C=O) groups is 1. The summed E-state index contributed by atoms with van der Waals surface area (Å²) in [6, 6.07) is 2.83. The van der Waals surface area contributed by atoms with E-state index < -0.39 is 0 Å². The number of halogens is 3. The number of carbonyl (C=O) groups excluding carboxylic acids is 1. The fourth-order valence-electron chi connectivity index (χ4n) is 3.25. The number of anilines is 1. The molecule has 5 nitrogen and oxygen atoms in total. The van der Waals surface area contributed by atoms with Crippen molar-refractivity contribution in [3.05, 3.63) is 27.2 Å². The van der Waals surface area contributed by atoms with Crippen LogP contribution in [0.1, 0.15) is 19.8 Å². The SMILES string of the molecule is CC(C(=O)Nc1cc(Cl)c(Cl)cc1Cl)N1CCC(C2OCCO2)CC1. The van der Waals surface area contributed by atoms with Crippen LogP contribution in [0.5, 0.6) is 0 Å². The molecular weight excluding hydrogens is 387 g/mol. The van der Waals surface area contributed by atoms with Gasteiger partial charge in [-0.3, -0.25) is 9.69 Å². The molecule has 0 saturated carbocycles. The molecule has 2 fully saturated rings. The van der Waals surface area contributed by atoms with Crippen molar-refractivity contribution in [2.24, 2.45) is 5.92 Å². The summed E-state index contributed by atoms with van der Waals surface area (Å²) in [5, 5.41) is 3.91. The highest BCUT2D eigenvalue weighted by atomic mass is 35.5. The predicted molar refractivity (Wildman–Crippen MR) is 99.6 cm³/mol. The normalized spacial score (nSPS) is 21.4. The van der Waals surface area contributed by atoms with Gasteiger partial charge in [-0.15, -0.1) is 0 Å². The molecule has 2 saturated heterocycles. The highest BCUT2D eigenvalue weighted by molar-refractivity contribution is 6.44. The van der Waals surface area contributed by atoms with E-state index >= 15 is 0 Å². The first kappa shape index (κ1) is 19.2. The van der Waals surface area contributed by atoms with Crippen LogP contribution in [0.15, 0.2) is 12.1 Å². The van der Waals surface area contributed by atoms with Gasteiger partial charge in [-0.25, -0.2) is 0 Å². The van der Waals surface area contributed by atoms with E-state index in [-0.39, 0.29) is 18.2 Å². The molecule has 0 aliphatic carbocycles. The van der Waals surface area contributed by atoms with Crippen molar-refractivity contribution in [2.75, 3.05) is 31.6 Å². The second kappa shape index (κ2) is 8.42. The van der Waals surface area contributed by atoms with E-state index in [0.717, 1.165) is 25.9 Å². The van der Waals surface area contributed by atoms with E-state index in [1.54, 1.807) is 6.07 Å². The number of nitrogens with zero attached hydrogens (tertiary/aromatic N) is 1. The smallest absolute Gasteiger partial charge is 0.241 e. The molecule has 1 N–H and O–H groups in total. The molecule has 1 aromatic carbocycles. The molecule has 2 aliphatic heterocycles. The van der Waals surface area contributed by atoms with E-state index in [9.17, 15) is 4.79 Å². The van der Waals surface area contributed by atoms with Gasteiger partial charge in [-0.05, 0) is 45.0 Å². The molecule has 3 rings (SSSR count). The Labute approximate surface area is 162 Å². The van der Waals surface area contributed by atoms with Crippen LogP contribution in [0.3, 0.4) is 0 Å². The zero-order valence-corrected chi connectivity index (χ0v) is 16.2. The van der Waals surface area contributed by atoms with Gasteiger partial charge in [0.15, 0.2) is 6.29 Å². The molecule has 138 valence electrons. The Bertz CT molecular complexity index is 630. The van der Waals surface area contributed by atoms with E-state index in [2.05, 4.69) is 10.2 Å². The first-order chi connectivity index (χ1) is 12.0. The van der Waals surface area contributed by atoms with E-state index in [0.29, 0.717) is 39.9 Å². The monoisotopic (exact) mass is 406 g/mol. The second-order valence-electron chi connectivity index (χ2n) is 6.39. The molecule has 0 radical (unpaired) electrons. The fraction of sp³-hybridized carbons (Fsp3) is 0.588. The Hall–Kier alpha value is -0.560. The van der Waals surface area contributed by atoms with E-state index in [1.807, 2.05) is 6.92 Å². The van der Waals surface area contributed by atoms with Crippen LogP contribution in [0, 0.1) is 5.92 Å². The minimum atomic E-state index is -0.267. The van der Waals surface area contributed by atoms with Crippen LogP contribution in [0.4, 0.5) is 5.69 Å². The van der Waals surface area contributed by atoms with Crippen LogP contribution in [-0.4, -0.2) is 49.4 Å². The van der Waals surface area contributed by atoms with Gasteiger partial charge >= 0.3 is 0 Å². The molecular formula is C17H21Cl3N2O3. The third-order valence-electron chi connectivity index (χ3n) is 4.80. The Kier molecular flexibility index (Phi) is 6.47. The highest BCUT2D eigenvalue weighted by Crippen LogP contribution is 2.32. The van der Waals surface area contributed by atoms with Crippen molar-refractivity contribution in [3.8, 4) is 0 Å². The number of benzene rings is 1. The van der Waals surface area contributed by atoms with Crippen LogP contribution in [0.2, 0.25) is 15.1 Å². The average Bonchev–Trinajstić information content (AvgIpc) is 3.13. The lowest BCUT2D eigenvalue weighted by Crippen LogP contribution is -2.47. The Morgan fingerprint density at radius 3 is 2.36 bits per heavy atom. The molecule has 1 unspecified atom stereocenters. The summed E-state index contributed by atoms with van der Waals surface area (Å²) in [6.45, 7) is 4.90. The van der Waals surface area contributed by atoms with Crippen molar-refractivity contribution < 1.29 is 14.3 Å². The van der Waals surface area contributed by atoms with Gasteiger partial charge < -0.3 is 14.8 Å². The van der Waals surface area contributed by atoms with Gasteiger partial charge in [0.05, 0.1) is 40.0 Å². The van der Waals surface area contributed by atoms with E-state index in [4.69, 9.17) is 44.3 Å². The number of rotatable bonds is 4. The first-order valence-corrected chi connectivity index (χ1v) is 9.51. The molecule has 1 aromatic rings. The number of hydrogen-bond donors (Lipinski definition) is 1. The number of likely N-dealkylation sites (tertiary alicyclic amines) is 1. The molecule has 1 atom stereocenters. The number of ether oxygens (including phenoxy) is 2. The van der Waals surface area contributed by atoms with Crippen molar-refractivity contribution in [3.63, 3.8) is 0 Å². The molecule has 0 spiro atoms. The molecule has 0 aromatic heterocycles. The quantitative estimate of drug-likeness (QED) is 0.765. The molecule has 2 heterocycles. The maximum absolute atomic E-state index is 12.6. The zero-order chi connectivity index (χ0) is 18.0. The first-order valence-electron chi connectivity index (χ1n) is 8.38. The third kappa shape index (κ3) is 4.59. The van der Waals surface area contributed by atoms with Crippen molar-refractivity contribution >= 4 is 46.4 Å². The largest absolute Gasteiger partial charge is 0.350 e. The van der Waals surface area contributed by atoms with Crippen LogP contribution in [-0.2, 0) is 14.3 Å². The topological polar surface area (TPSA) is 50.8 Å². The molecule has 2 aliphatic rings. The predicted octanol–water partition coefficient (Wildman–Crippen LogP) is 4.06. The number of nitrogens with one attached hydrogen (secondary N) is 1. The summed E-state index contributed by atoms with van der Waals surface area (Å²) in [5.74, 6) is 0.283. The standard InChI is InChI=1S/C17H21Cl3N2O3/c1-10(16(23)21-15-9-13(19)12(18)8-14(15)20)22-4-2-11(3-5-22)17-24-6-7-25-17/h8-11,17H,2-7H2,1H3,(H,21,23). The number of piperidine rings is 1. The highest BCUT2D eigenvalue weighted by Gasteiger charge is 2.33. The van der Waals surface area contributed by atoms with Gasteiger partial charge in [0.2, 0.25) is 5.91 Å². The Balaban J connectivity index is 1.55. The molecule has 25 heavy (non-hydrogen) atoms. The lowest BCUT2D eigenvalue weighted by Gasteiger charge is -2.36.